The van der Waals surface area contributed by atoms with E-state index < -0.39 is 0 Å². The summed E-state index contributed by atoms with van der Waals surface area (Å²) in [5.41, 5.74) is 0.424. The number of hydrogen-bond donors (Lipinski definition) is 2. The monoisotopic (exact) mass is 218 g/mol. The first kappa shape index (κ1) is 10.9. The fourth-order valence-electron chi connectivity index (χ4n) is 1.56. The van der Waals surface area contributed by atoms with Crippen molar-refractivity contribution in [3.63, 3.8) is 0 Å². The Hall–Kier alpha value is -1.64. The molecule has 1 aromatic rings. The molecule has 5 nitrogen and oxygen atoms in total. The maximum Gasteiger partial charge on any atom is 0.142 e. The van der Waals surface area contributed by atoms with Gasteiger partial charge in [0.2, 0.25) is 0 Å². The van der Waals surface area contributed by atoms with Gasteiger partial charge in [0.05, 0.1) is 12.7 Å². The van der Waals surface area contributed by atoms with Gasteiger partial charge in [-0.15, -0.1) is 0 Å². The lowest BCUT2D eigenvalue weighted by Crippen LogP contribution is -2.42. The minimum absolute atomic E-state index is 0.168. The van der Waals surface area contributed by atoms with Gasteiger partial charge in [-0.25, -0.2) is 4.98 Å². The Bertz CT molecular complexity index is 382. The summed E-state index contributed by atoms with van der Waals surface area (Å²) in [6.45, 7) is 3.22. The lowest BCUT2D eigenvalue weighted by molar-refractivity contribution is 0.0372. The van der Waals surface area contributed by atoms with Gasteiger partial charge in [0.25, 0.3) is 0 Å². The Kier molecular flexibility index (Phi) is 3.70. The quantitative estimate of drug-likeness (QED) is 0.766. The van der Waals surface area contributed by atoms with Crippen molar-refractivity contribution < 1.29 is 4.74 Å². The molecule has 1 atom stereocenters. The van der Waals surface area contributed by atoms with Crippen molar-refractivity contribution in [2.75, 3.05) is 31.6 Å². The maximum atomic E-state index is 8.70. The van der Waals surface area contributed by atoms with E-state index in [0.29, 0.717) is 18.1 Å². The molecule has 0 bridgehead atoms. The summed E-state index contributed by atoms with van der Waals surface area (Å²) < 4.78 is 5.54. The summed E-state index contributed by atoms with van der Waals surface area (Å²) >= 11 is 0. The van der Waals surface area contributed by atoms with Crippen LogP contribution in [-0.2, 0) is 4.74 Å². The first-order valence-electron chi connectivity index (χ1n) is 5.32. The molecular formula is C11H14N4O. The number of anilines is 1. The van der Waals surface area contributed by atoms with Crippen LogP contribution in [0.2, 0.25) is 0 Å². The van der Waals surface area contributed by atoms with Crippen LogP contribution in [0.25, 0.3) is 0 Å². The fourth-order valence-corrected chi connectivity index (χ4v) is 1.56. The summed E-state index contributed by atoms with van der Waals surface area (Å²) in [6.07, 6.45) is 0.168. The molecule has 1 aliphatic heterocycles. The fraction of sp³-hybridized carbons (Fsp3) is 0.455. The molecule has 5 heteroatoms. The van der Waals surface area contributed by atoms with Crippen LogP contribution < -0.4 is 10.6 Å². The number of ether oxygens (including phenoxy) is 1. The predicted octanol–water partition coefficient (Wildman–Crippen LogP) is 0.354. The average Bonchev–Trinajstić information content (AvgIpc) is 2.38. The van der Waals surface area contributed by atoms with Gasteiger partial charge in [0.1, 0.15) is 17.6 Å². The van der Waals surface area contributed by atoms with E-state index in [9.17, 15) is 0 Å². The van der Waals surface area contributed by atoms with Crippen LogP contribution in [-0.4, -0.2) is 37.3 Å². The molecule has 1 saturated heterocycles. The summed E-state index contributed by atoms with van der Waals surface area (Å²) in [6, 6.07) is 7.35. The van der Waals surface area contributed by atoms with Gasteiger partial charge in [-0.05, 0) is 12.1 Å². The zero-order valence-electron chi connectivity index (χ0n) is 8.94. The van der Waals surface area contributed by atoms with Crippen molar-refractivity contribution in [1.82, 2.24) is 10.3 Å². The van der Waals surface area contributed by atoms with E-state index in [4.69, 9.17) is 10.00 Å². The lowest BCUT2D eigenvalue weighted by atomic mass is 10.3. The van der Waals surface area contributed by atoms with Gasteiger partial charge in [-0.1, -0.05) is 6.07 Å². The number of aromatic nitrogens is 1. The second kappa shape index (κ2) is 5.45. The third-order valence-electron chi connectivity index (χ3n) is 2.38. The Morgan fingerprint density at radius 1 is 1.62 bits per heavy atom. The first-order chi connectivity index (χ1) is 7.88. The number of pyridine rings is 1. The highest BCUT2D eigenvalue weighted by molar-refractivity contribution is 5.38. The summed E-state index contributed by atoms with van der Waals surface area (Å²) in [7, 11) is 0. The molecule has 0 spiro atoms. The minimum Gasteiger partial charge on any atom is -0.374 e. The number of morpholine rings is 1. The van der Waals surface area contributed by atoms with E-state index >= 15 is 0 Å². The number of rotatable bonds is 3. The van der Waals surface area contributed by atoms with E-state index in [2.05, 4.69) is 15.6 Å². The number of hydrogen-bond acceptors (Lipinski definition) is 5. The molecule has 0 saturated carbocycles. The third kappa shape index (κ3) is 2.92. The molecular weight excluding hydrogens is 204 g/mol. The van der Waals surface area contributed by atoms with Gasteiger partial charge in [0, 0.05) is 19.6 Å². The summed E-state index contributed by atoms with van der Waals surface area (Å²) in [4.78, 5) is 4.13. The van der Waals surface area contributed by atoms with E-state index in [-0.39, 0.29) is 6.10 Å². The molecule has 2 heterocycles. The molecule has 16 heavy (non-hydrogen) atoms. The van der Waals surface area contributed by atoms with Gasteiger partial charge in [-0.3, -0.25) is 0 Å². The van der Waals surface area contributed by atoms with Crippen molar-refractivity contribution in [3.05, 3.63) is 23.9 Å². The standard InChI is InChI=1S/C11H14N4O/c12-6-9-2-1-3-11(15-9)14-8-10-7-13-4-5-16-10/h1-3,10,13H,4-5,7-8H2,(H,14,15). The smallest absolute Gasteiger partial charge is 0.142 e. The molecule has 1 aliphatic rings. The van der Waals surface area contributed by atoms with Crippen LogP contribution in [0.1, 0.15) is 5.69 Å². The molecule has 2 rings (SSSR count). The Balaban J connectivity index is 1.86. The molecule has 0 aliphatic carbocycles. The van der Waals surface area contributed by atoms with Crippen molar-refractivity contribution >= 4 is 5.82 Å². The van der Waals surface area contributed by atoms with Gasteiger partial charge >= 0.3 is 0 Å². The normalized spacial score (nSPS) is 20.1. The van der Waals surface area contributed by atoms with Gasteiger partial charge in [0.15, 0.2) is 0 Å². The second-order valence-electron chi connectivity index (χ2n) is 3.60. The second-order valence-corrected chi connectivity index (χ2v) is 3.60. The highest BCUT2D eigenvalue weighted by Crippen LogP contribution is 2.05. The van der Waals surface area contributed by atoms with Crippen LogP contribution in [0.3, 0.4) is 0 Å². The van der Waals surface area contributed by atoms with Crippen molar-refractivity contribution in [3.8, 4) is 6.07 Å². The Morgan fingerprint density at radius 3 is 3.31 bits per heavy atom. The van der Waals surface area contributed by atoms with E-state index in [1.54, 1.807) is 6.07 Å². The number of nitriles is 1. The number of nitrogens with zero attached hydrogens (tertiary/aromatic N) is 2. The zero-order chi connectivity index (χ0) is 11.2. The minimum atomic E-state index is 0.168. The van der Waals surface area contributed by atoms with Crippen molar-refractivity contribution in [2.24, 2.45) is 0 Å². The molecule has 1 fully saturated rings. The zero-order valence-corrected chi connectivity index (χ0v) is 8.94. The van der Waals surface area contributed by atoms with E-state index in [1.165, 1.54) is 0 Å². The predicted molar refractivity (Wildman–Crippen MR) is 60.1 cm³/mol. The van der Waals surface area contributed by atoms with Crippen LogP contribution >= 0.6 is 0 Å². The molecule has 2 N–H and O–H groups in total. The highest BCUT2D eigenvalue weighted by Gasteiger charge is 2.12. The molecule has 84 valence electrons. The summed E-state index contributed by atoms with van der Waals surface area (Å²) in [5, 5.41) is 15.1. The molecule has 1 unspecified atom stereocenters. The lowest BCUT2D eigenvalue weighted by Gasteiger charge is -2.23. The van der Waals surface area contributed by atoms with Gasteiger partial charge < -0.3 is 15.4 Å². The van der Waals surface area contributed by atoms with Crippen molar-refractivity contribution in [1.29, 1.82) is 5.26 Å². The van der Waals surface area contributed by atoms with E-state index in [0.717, 1.165) is 19.7 Å². The highest BCUT2D eigenvalue weighted by atomic mass is 16.5. The van der Waals surface area contributed by atoms with Gasteiger partial charge in [-0.2, -0.15) is 5.26 Å². The SMILES string of the molecule is N#Cc1cccc(NCC2CNCCO2)n1. The molecule has 0 amide bonds. The first-order valence-corrected chi connectivity index (χ1v) is 5.32. The summed E-state index contributed by atoms with van der Waals surface area (Å²) in [5.74, 6) is 0.716. The number of nitrogens with one attached hydrogen (secondary N) is 2. The van der Waals surface area contributed by atoms with E-state index in [1.807, 2.05) is 18.2 Å². The average molecular weight is 218 g/mol. The topological polar surface area (TPSA) is 70.0 Å². The molecule has 0 aromatic carbocycles. The molecule has 1 aromatic heterocycles. The van der Waals surface area contributed by atoms with Crippen LogP contribution in [0.15, 0.2) is 18.2 Å². The third-order valence-corrected chi connectivity index (χ3v) is 2.38. The van der Waals surface area contributed by atoms with Crippen LogP contribution in [0, 0.1) is 11.3 Å². The molecule has 0 radical (unpaired) electrons. The van der Waals surface area contributed by atoms with Crippen molar-refractivity contribution in [2.45, 2.75) is 6.10 Å². The maximum absolute atomic E-state index is 8.70. The Morgan fingerprint density at radius 2 is 2.56 bits per heavy atom. The van der Waals surface area contributed by atoms with Crippen LogP contribution in [0.4, 0.5) is 5.82 Å². The largest absolute Gasteiger partial charge is 0.374 e. The Labute approximate surface area is 94.4 Å². The van der Waals surface area contributed by atoms with Crippen LogP contribution in [0.5, 0.6) is 0 Å².